The molecule has 27 heavy (non-hydrogen) atoms. The molecule has 0 aliphatic heterocycles. The number of anilines is 3. The summed E-state index contributed by atoms with van der Waals surface area (Å²) in [5.41, 5.74) is 1.32. The van der Waals surface area contributed by atoms with E-state index in [4.69, 9.17) is 0 Å². The third-order valence-corrected chi connectivity index (χ3v) is 3.91. The second-order valence-corrected chi connectivity index (χ2v) is 7.19. The first kappa shape index (κ1) is 20.0. The van der Waals surface area contributed by atoms with Gasteiger partial charge in [-0.25, -0.2) is 9.59 Å². The summed E-state index contributed by atoms with van der Waals surface area (Å²) >= 11 is 0. The normalized spacial score (nSPS) is 11.0. The number of rotatable bonds is 5. The van der Waals surface area contributed by atoms with Gasteiger partial charge in [0.25, 0.3) is 0 Å². The summed E-state index contributed by atoms with van der Waals surface area (Å²) in [6, 6.07) is 9.56. The lowest BCUT2D eigenvalue weighted by Crippen LogP contribution is -2.14. The maximum Gasteiger partial charge on any atom is 0.338 e. The van der Waals surface area contributed by atoms with E-state index in [0.717, 1.165) is 5.56 Å². The molecule has 0 saturated heterocycles. The number of carboxylic acid groups (broad SMARTS) is 2. The number of carbonyl (C=O) groups excluding carboxylic acids is 1. The fourth-order valence-electron chi connectivity index (χ4n) is 2.63. The van der Waals surface area contributed by atoms with Crippen LogP contribution < -0.4 is 10.6 Å². The van der Waals surface area contributed by atoms with E-state index in [-0.39, 0.29) is 28.1 Å². The largest absolute Gasteiger partial charge is 0.478 e. The summed E-state index contributed by atoms with van der Waals surface area (Å²) in [4.78, 5) is 34.4. The zero-order chi connectivity index (χ0) is 20.4. The molecule has 0 heterocycles. The second-order valence-electron chi connectivity index (χ2n) is 7.19. The molecule has 0 radical (unpaired) electrons. The molecule has 0 unspecified atom stereocenters. The van der Waals surface area contributed by atoms with Gasteiger partial charge >= 0.3 is 11.9 Å². The standard InChI is InChI=1S/C20H22N2O5/c1-11(23)21-13-8-12(20(2,3)4)9-14(10-13)22-16-7-5-6-15(18(24)25)17(16)19(26)27/h5-10,22H,1-4H3,(H,21,23)(H,24,25)(H,26,27). The molecular weight excluding hydrogens is 348 g/mol. The van der Waals surface area contributed by atoms with Gasteiger partial charge in [-0.3, -0.25) is 4.79 Å². The van der Waals surface area contributed by atoms with E-state index in [1.54, 1.807) is 6.07 Å². The highest BCUT2D eigenvalue weighted by atomic mass is 16.4. The van der Waals surface area contributed by atoms with Gasteiger partial charge in [-0.15, -0.1) is 0 Å². The monoisotopic (exact) mass is 370 g/mol. The number of hydrogen-bond acceptors (Lipinski definition) is 4. The van der Waals surface area contributed by atoms with Crippen molar-refractivity contribution in [3.63, 3.8) is 0 Å². The number of amides is 1. The van der Waals surface area contributed by atoms with Gasteiger partial charge in [0.1, 0.15) is 0 Å². The minimum absolute atomic E-state index is 0.155. The van der Waals surface area contributed by atoms with Gasteiger partial charge in [-0.05, 0) is 41.3 Å². The first-order valence-electron chi connectivity index (χ1n) is 8.29. The third kappa shape index (κ3) is 4.84. The highest BCUT2D eigenvalue weighted by molar-refractivity contribution is 6.06. The van der Waals surface area contributed by atoms with Gasteiger partial charge < -0.3 is 20.8 Å². The van der Waals surface area contributed by atoms with Gasteiger partial charge in [0.05, 0.1) is 16.8 Å². The molecule has 1 amide bonds. The van der Waals surface area contributed by atoms with Crippen LogP contribution in [0.4, 0.5) is 17.1 Å². The number of carbonyl (C=O) groups is 3. The molecule has 2 rings (SSSR count). The molecule has 0 aromatic heterocycles. The fraction of sp³-hybridized carbons (Fsp3) is 0.250. The molecule has 0 bridgehead atoms. The lowest BCUT2D eigenvalue weighted by atomic mass is 9.86. The zero-order valence-corrected chi connectivity index (χ0v) is 15.6. The fourth-order valence-corrected chi connectivity index (χ4v) is 2.63. The van der Waals surface area contributed by atoms with Crippen molar-refractivity contribution in [1.29, 1.82) is 0 Å². The average molecular weight is 370 g/mol. The van der Waals surface area contributed by atoms with E-state index in [9.17, 15) is 24.6 Å². The minimum Gasteiger partial charge on any atom is -0.478 e. The van der Waals surface area contributed by atoms with Crippen molar-refractivity contribution in [2.75, 3.05) is 10.6 Å². The molecular formula is C20H22N2O5. The van der Waals surface area contributed by atoms with Crippen LogP contribution in [0.3, 0.4) is 0 Å². The van der Waals surface area contributed by atoms with Gasteiger partial charge in [0.15, 0.2) is 0 Å². The second kappa shape index (κ2) is 7.49. The molecule has 7 heteroatoms. The van der Waals surface area contributed by atoms with E-state index in [2.05, 4.69) is 10.6 Å². The van der Waals surface area contributed by atoms with Crippen LogP contribution in [0.1, 0.15) is 54.0 Å². The summed E-state index contributed by atoms with van der Waals surface area (Å²) < 4.78 is 0. The van der Waals surface area contributed by atoms with Gasteiger partial charge in [0, 0.05) is 18.3 Å². The van der Waals surface area contributed by atoms with E-state index in [1.165, 1.54) is 25.1 Å². The smallest absolute Gasteiger partial charge is 0.338 e. The Labute approximate surface area is 157 Å². The first-order chi connectivity index (χ1) is 12.5. The molecule has 142 valence electrons. The molecule has 0 saturated carbocycles. The average Bonchev–Trinajstić information content (AvgIpc) is 2.52. The van der Waals surface area contributed by atoms with Crippen LogP contribution in [0, 0.1) is 0 Å². The quantitative estimate of drug-likeness (QED) is 0.630. The number of benzene rings is 2. The highest BCUT2D eigenvalue weighted by Crippen LogP contribution is 2.31. The van der Waals surface area contributed by atoms with Crippen LogP contribution >= 0.6 is 0 Å². The molecule has 2 aromatic carbocycles. The Bertz CT molecular complexity index is 913. The summed E-state index contributed by atoms with van der Waals surface area (Å²) in [5, 5.41) is 24.4. The molecule has 0 aliphatic rings. The summed E-state index contributed by atoms with van der Waals surface area (Å²) in [7, 11) is 0. The van der Waals surface area contributed by atoms with E-state index in [1.807, 2.05) is 32.9 Å². The Balaban J connectivity index is 2.57. The lowest BCUT2D eigenvalue weighted by Gasteiger charge is -2.22. The van der Waals surface area contributed by atoms with Crippen molar-refractivity contribution in [2.24, 2.45) is 0 Å². The highest BCUT2D eigenvalue weighted by Gasteiger charge is 2.21. The number of nitrogens with one attached hydrogen (secondary N) is 2. The van der Waals surface area contributed by atoms with Crippen molar-refractivity contribution in [2.45, 2.75) is 33.1 Å². The minimum atomic E-state index is -1.34. The van der Waals surface area contributed by atoms with Crippen molar-refractivity contribution in [3.8, 4) is 0 Å². The maximum absolute atomic E-state index is 11.6. The van der Waals surface area contributed by atoms with Crippen LogP contribution in [0.5, 0.6) is 0 Å². The predicted octanol–water partition coefficient (Wildman–Crippen LogP) is 4.08. The molecule has 0 spiro atoms. The lowest BCUT2D eigenvalue weighted by molar-refractivity contribution is -0.114. The van der Waals surface area contributed by atoms with Gasteiger partial charge in [-0.1, -0.05) is 26.8 Å². The van der Waals surface area contributed by atoms with Crippen LogP contribution in [0.2, 0.25) is 0 Å². The van der Waals surface area contributed by atoms with Crippen molar-refractivity contribution < 1.29 is 24.6 Å². The molecule has 2 aromatic rings. The van der Waals surface area contributed by atoms with Crippen LogP contribution in [0.15, 0.2) is 36.4 Å². The van der Waals surface area contributed by atoms with E-state index >= 15 is 0 Å². The summed E-state index contributed by atoms with van der Waals surface area (Å²) in [5.74, 6) is -2.89. The summed E-state index contributed by atoms with van der Waals surface area (Å²) in [6.45, 7) is 7.43. The molecule has 7 nitrogen and oxygen atoms in total. The topological polar surface area (TPSA) is 116 Å². The SMILES string of the molecule is CC(=O)Nc1cc(Nc2cccc(C(=O)O)c2C(=O)O)cc(C(C)(C)C)c1. The Morgan fingerprint density at radius 3 is 2.07 bits per heavy atom. The molecule has 0 fully saturated rings. The van der Waals surface area contributed by atoms with Crippen molar-refractivity contribution >= 4 is 34.9 Å². The van der Waals surface area contributed by atoms with Gasteiger partial charge in [-0.2, -0.15) is 0 Å². The first-order valence-corrected chi connectivity index (χ1v) is 8.29. The summed E-state index contributed by atoms with van der Waals surface area (Å²) in [6.07, 6.45) is 0. The van der Waals surface area contributed by atoms with Crippen LogP contribution in [0.25, 0.3) is 0 Å². The van der Waals surface area contributed by atoms with Crippen molar-refractivity contribution in [3.05, 3.63) is 53.1 Å². The van der Waals surface area contributed by atoms with E-state index in [0.29, 0.717) is 11.4 Å². The number of carboxylic acids is 2. The number of hydrogen-bond donors (Lipinski definition) is 4. The third-order valence-electron chi connectivity index (χ3n) is 3.91. The Kier molecular flexibility index (Phi) is 5.54. The van der Waals surface area contributed by atoms with Gasteiger partial charge in [0.2, 0.25) is 5.91 Å². The van der Waals surface area contributed by atoms with E-state index < -0.39 is 11.9 Å². The number of aromatic carboxylic acids is 2. The molecule has 4 N–H and O–H groups in total. The zero-order valence-electron chi connectivity index (χ0n) is 15.6. The maximum atomic E-state index is 11.6. The van der Waals surface area contributed by atoms with Crippen LogP contribution in [-0.2, 0) is 10.2 Å². The Morgan fingerprint density at radius 2 is 1.56 bits per heavy atom. The predicted molar refractivity (Wildman–Crippen MR) is 103 cm³/mol. The Morgan fingerprint density at radius 1 is 0.926 bits per heavy atom. The Hall–Kier alpha value is -3.35. The molecule has 0 aliphatic carbocycles. The van der Waals surface area contributed by atoms with Crippen molar-refractivity contribution in [1.82, 2.24) is 0 Å². The van der Waals surface area contributed by atoms with Crippen LogP contribution in [-0.4, -0.2) is 28.1 Å². The molecule has 0 atom stereocenters.